The van der Waals surface area contributed by atoms with Gasteiger partial charge in [0.05, 0.1) is 16.9 Å². The maximum Gasteiger partial charge on any atom is 0.340 e. The van der Waals surface area contributed by atoms with Crippen LogP contribution in [0.1, 0.15) is 40.9 Å². The van der Waals surface area contributed by atoms with Crippen molar-refractivity contribution in [3.8, 4) is 5.69 Å². The summed E-state index contributed by atoms with van der Waals surface area (Å²) in [5, 5.41) is 5.08. The number of halogens is 3. The number of rotatable bonds is 6. The summed E-state index contributed by atoms with van der Waals surface area (Å²) in [5.41, 5.74) is -3.07. The SMILES string of the molecule is Cc1ccc(Nc2c3c(=O)n(C(F)F)c(=O)n(-c4cccc(C(=O)NC5CC5)c4)c3c(C)c(=O)n2C)c(F)c1. The van der Waals surface area contributed by atoms with Crippen LogP contribution in [0.4, 0.5) is 24.7 Å². The van der Waals surface area contributed by atoms with Crippen molar-refractivity contribution in [3.05, 3.63) is 96.2 Å². The van der Waals surface area contributed by atoms with Gasteiger partial charge in [0, 0.05) is 24.2 Å². The van der Waals surface area contributed by atoms with Gasteiger partial charge in [-0.1, -0.05) is 12.1 Å². The molecule has 202 valence electrons. The molecule has 1 aliphatic carbocycles. The zero-order chi connectivity index (χ0) is 28.2. The molecule has 2 aromatic heterocycles. The minimum atomic E-state index is -3.52. The summed E-state index contributed by atoms with van der Waals surface area (Å²) in [4.78, 5) is 52.7. The lowest BCUT2D eigenvalue weighted by Crippen LogP contribution is -2.42. The van der Waals surface area contributed by atoms with Crippen LogP contribution in [0.15, 0.2) is 56.8 Å². The second-order valence-corrected chi connectivity index (χ2v) is 9.54. The molecule has 0 radical (unpaired) electrons. The number of anilines is 2. The fourth-order valence-corrected chi connectivity index (χ4v) is 4.50. The number of aryl methyl sites for hydroxylation is 2. The number of pyridine rings is 1. The quantitative estimate of drug-likeness (QED) is 0.389. The fraction of sp³-hybridized carbons (Fsp3) is 0.259. The third-order valence-electron chi connectivity index (χ3n) is 6.70. The standard InChI is InChI=1S/C27H24F3N5O4/c1-13-7-10-19(18(28)11-13)32-22-20-21(14(2)24(37)33(22)3)34(27(39)35(25(20)38)26(29)30)17-6-4-5-15(12-17)23(36)31-16-8-9-16/h4-7,10-12,16,26,32H,8-9H2,1-3H3,(H,31,36). The van der Waals surface area contributed by atoms with Crippen molar-refractivity contribution in [1.82, 2.24) is 19.0 Å². The van der Waals surface area contributed by atoms with Crippen molar-refractivity contribution in [2.75, 3.05) is 5.32 Å². The molecule has 0 unspecified atom stereocenters. The number of nitrogens with one attached hydrogen (secondary N) is 2. The first kappa shape index (κ1) is 26.0. The highest BCUT2D eigenvalue weighted by atomic mass is 19.3. The Hall–Kier alpha value is -4.61. The summed E-state index contributed by atoms with van der Waals surface area (Å²) in [7, 11) is 1.30. The van der Waals surface area contributed by atoms with Crippen molar-refractivity contribution in [2.45, 2.75) is 39.3 Å². The number of carbonyl (C=O) groups excluding carboxylic acids is 1. The molecule has 5 rings (SSSR count). The molecule has 0 bridgehead atoms. The average Bonchev–Trinajstić information content (AvgIpc) is 3.70. The highest BCUT2D eigenvalue weighted by molar-refractivity contribution is 5.96. The van der Waals surface area contributed by atoms with E-state index < -0.39 is 40.5 Å². The maximum atomic E-state index is 14.7. The van der Waals surface area contributed by atoms with E-state index >= 15 is 0 Å². The van der Waals surface area contributed by atoms with Crippen molar-refractivity contribution >= 4 is 28.3 Å². The Balaban J connectivity index is 1.86. The van der Waals surface area contributed by atoms with Crippen LogP contribution in [0.5, 0.6) is 0 Å². The minimum absolute atomic E-state index is 0.00772. The Morgan fingerprint density at radius 1 is 1.03 bits per heavy atom. The predicted molar refractivity (Wildman–Crippen MR) is 140 cm³/mol. The van der Waals surface area contributed by atoms with E-state index in [1.807, 2.05) is 0 Å². The van der Waals surface area contributed by atoms with Crippen LogP contribution < -0.4 is 27.4 Å². The lowest BCUT2D eigenvalue weighted by atomic mass is 10.1. The summed E-state index contributed by atoms with van der Waals surface area (Å²) in [6.45, 7) is -0.501. The van der Waals surface area contributed by atoms with E-state index in [-0.39, 0.29) is 44.4 Å². The van der Waals surface area contributed by atoms with Gasteiger partial charge in [0.25, 0.3) is 17.0 Å². The van der Waals surface area contributed by atoms with Crippen LogP contribution in [0.2, 0.25) is 0 Å². The van der Waals surface area contributed by atoms with Gasteiger partial charge in [-0.2, -0.15) is 13.3 Å². The van der Waals surface area contributed by atoms with Gasteiger partial charge in [0.1, 0.15) is 17.0 Å². The Kier molecular flexibility index (Phi) is 6.41. The van der Waals surface area contributed by atoms with Gasteiger partial charge in [-0.15, -0.1) is 0 Å². The molecule has 0 spiro atoms. The number of benzene rings is 2. The molecule has 12 heteroatoms. The van der Waals surface area contributed by atoms with Crippen LogP contribution in [0, 0.1) is 19.7 Å². The van der Waals surface area contributed by atoms with Crippen LogP contribution in [-0.4, -0.2) is 25.7 Å². The summed E-state index contributed by atoms with van der Waals surface area (Å²) < 4.78 is 44.6. The first-order valence-electron chi connectivity index (χ1n) is 12.1. The van der Waals surface area contributed by atoms with E-state index in [0.29, 0.717) is 5.56 Å². The smallest absolute Gasteiger partial charge is 0.340 e. The monoisotopic (exact) mass is 539 g/mol. The molecule has 0 atom stereocenters. The zero-order valence-electron chi connectivity index (χ0n) is 21.2. The topological polar surface area (TPSA) is 107 Å². The van der Waals surface area contributed by atoms with Crippen LogP contribution in [0.3, 0.4) is 0 Å². The van der Waals surface area contributed by atoms with Crippen molar-refractivity contribution < 1.29 is 18.0 Å². The van der Waals surface area contributed by atoms with E-state index in [9.17, 15) is 32.3 Å². The summed E-state index contributed by atoms with van der Waals surface area (Å²) in [5.74, 6) is -1.39. The fourth-order valence-electron chi connectivity index (χ4n) is 4.50. The van der Waals surface area contributed by atoms with E-state index in [4.69, 9.17) is 0 Å². The number of amides is 1. The summed E-state index contributed by atoms with van der Waals surface area (Å²) >= 11 is 0. The molecule has 1 amide bonds. The molecule has 9 nitrogen and oxygen atoms in total. The van der Waals surface area contributed by atoms with Gasteiger partial charge in [-0.25, -0.2) is 9.18 Å². The number of nitrogens with zero attached hydrogens (tertiary/aromatic N) is 3. The van der Waals surface area contributed by atoms with Gasteiger partial charge >= 0.3 is 12.2 Å². The number of hydrogen-bond donors (Lipinski definition) is 2. The first-order valence-corrected chi connectivity index (χ1v) is 12.1. The average molecular weight is 540 g/mol. The van der Waals surface area contributed by atoms with Crippen molar-refractivity contribution in [1.29, 1.82) is 0 Å². The van der Waals surface area contributed by atoms with Crippen LogP contribution >= 0.6 is 0 Å². The van der Waals surface area contributed by atoms with Gasteiger partial charge in [-0.05, 0) is 62.6 Å². The lowest BCUT2D eigenvalue weighted by Gasteiger charge is -2.20. The van der Waals surface area contributed by atoms with Crippen LogP contribution in [-0.2, 0) is 7.05 Å². The Bertz CT molecular complexity index is 1840. The molecular formula is C27H24F3N5O4. The number of alkyl halides is 2. The molecule has 4 aromatic rings. The molecule has 2 N–H and O–H groups in total. The largest absolute Gasteiger partial charge is 0.349 e. The van der Waals surface area contributed by atoms with Gasteiger partial charge in [-0.3, -0.25) is 23.5 Å². The van der Waals surface area contributed by atoms with Crippen molar-refractivity contribution in [3.63, 3.8) is 0 Å². The van der Waals surface area contributed by atoms with E-state index in [0.717, 1.165) is 22.0 Å². The van der Waals surface area contributed by atoms with E-state index in [1.165, 1.54) is 50.4 Å². The first-order chi connectivity index (χ1) is 18.5. The zero-order valence-corrected chi connectivity index (χ0v) is 21.2. The summed E-state index contributed by atoms with van der Waals surface area (Å²) in [6, 6.07) is 9.92. The molecule has 1 fully saturated rings. The van der Waals surface area contributed by atoms with Gasteiger partial charge < -0.3 is 10.6 Å². The Morgan fingerprint density at radius 3 is 2.38 bits per heavy atom. The minimum Gasteiger partial charge on any atom is -0.349 e. The third kappa shape index (κ3) is 4.51. The number of fused-ring (bicyclic) bond motifs is 1. The maximum absolute atomic E-state index is 14.7. The third-order valence-corrected chi connectivity index (χ3v) is 6.70. The predicted octanol–water partition coefficient (Wildman–Crippen LogP) is 3.64. The van der Waals surface area contributed by atoms with Crippen molar-refractivity contribution in [2.24, 2.45) is 7.05 Å². The normalized spacial score (nSPS) is 13.2. The molecular weight excluding hydrogens is 515 g/mol. The van der Waals surface area contributed by atoms with E-state index in [2.05, 4.69) is 10.6 Å². The number of carbonyl (C=O) groups is 1. The summed E-state index contributed by atoms with van der Waals surface area (Å²) in [6.07, 6.45) is 1.68. The molecule has 39 heavy (non-hydrogen) atoms. The number of aromatic nitrogens is 3. The molecule has 2 aromatic carbocycles. The Morgan fingerprint density at radius 2 is 1.74 bits per heavy atom. The molecule has 0 saturated heterocycles. The molecule has 2 heterocycles. The highest BCUT2D eigenvalue weighted by Crippen LogP contribution is 2.28. The molecule has 1 saturated carbocycles. The number of hydrogen-bond acceptors (Lipinski definition) is 5. The molecule has 0 aliphatic heterocycles. The Labute approximate surface area is 219 Å². The van der Waals surface area contributed by atoms with Gasteiger partial charge in [0.2, 0.25) is 0 Å². The second kappa shape index (κ2) is 9.61. The van der Waals surface area contributed by atoms with Gasteiger partial charge in [0.15, 0.2) is 0 Å². The lowest BCUT2D eigenvalue weighted by molar-refractivity contribution is 0.0613. The second-order valence-electron chi connectivity index (χ2n) is 9.54. The molecule has 1 aliphatic rings. The highest BCUT2D eigenvalue weighted by Gasteiger charge is 2.27. The van der Waals surface area contributed by atoms with E-state index in [1.54, 1.807) is 13.0 Å². The van der Waals surface area contributed by atoms with Crippen LogP contribution in [0.25, 0.3) is 16.6 Å².